The van der Waals surface area contributed by atoms with E-state index in [1.807, 2.05) is 30.3 Å². The Kier molecular flexibility index (Phi) is 5.81. The van der Waals surface area contributed by atoms with Crippen molar-refractivity contribution in [3.63, 3.8) is 0 Å². The van der Waals surface area contributed by atoms with Crippen molar-refractivity contribution in [1.29, 1.82) is 0 Å². The van der Waals surface area contributed by atoms with E-state index in [1.165, 1.54) is 4.90 Å². The van der Waals surface area contributed by atoms with E-state index in [0.29, 0.717) is 12.5 Å². The first-order valence-electron chi connectivity index (χ1n) is 9.97. The molecule has 1 aromatic carbocycles. The van der Waals surface area contributed by atoms with Crippen LogP contribution < -0.4 is 10.6 Å². The van der Waals surface area contributed by atoms with Gasteiger partial charge in [-0.1, -0.05) is 36.4 Å². The van der Waals surface area contributed by atoms with Crippen LogP contribution in [0.25, 0.3) is 22.7 Å². The van der Waals surface area contributed by atoms with E-state index in [1.54, 1.807) is 31.4 Å². The van der Waals surface area contributed by atoms with Gasteiger partial charge in [0.25, 0.3) is 5.91 Å². The Bertz CT molecular complexity index is 1120. The second kappa shape index (κ2) is 8.69. The fourth-order valence-electron chi connectivity index (χ4n) is 3.20. The maximum Gasteiger partial charge on any atom is 0.325 e. The van der Waals surface area contributed by atoms with Gasteiger partial charge in [0.2, 0.25) is 5.95 Å². The molecule has 0 spiro atoms. The maximum atomic E-state index is 12.2. The summed E-state index contributed by atoms with van der Waals surface area (Å²) in [6.07, 6.45) is 5.86. The molecule has 0 atom stereocenters. The summed E-state index contributed by atoms with van der Waals surface area (Å²) in [6, 6.07) is 15.7. The normalized spacial score (nSPS) is 15.5. The molecule has 0 aliphatic carbocycles. The number of nitrogens with one attached hydrogen (secondary N) is 2. The van der Waals surface area contributed by atoms with Crippen molar-refractivity contribution in [2.45, 2.75) is 19.4 Å². The molecule has 2 N–H and O–H groups in total. The standard InChI is InChI=1S/C23H23N5O2S/c1-23(2)20(29)28(22(30)27-23)15-14-25-21-24-13-12-18(26-21)19-11-10-17(31-19)9-8-16-6-4-3-5-7-16/h3-13H,14-15H2,1-2H3,(H,27,30)(H,24,25,26)/b9-8+. The third-order valence-corrected chi connectivity index (χ3v) is 5.91. The zero-order valence-electron chi connectivity index (χ0n) is 17.3. The molecule has 0 radical (unpaired) electrons. The van der Waals surface area contributed by atoms with Gasteiger partial charge in [0, 0.05) is 24.2 Å². The number of hydrogen-bond acceptors (Lipinski definition) is 6. The predicted molar refractivity (Wildman–Crippen MR) is 124 cm³/mol. The highest BCUT2D eigenvalue weighted by Crippen LogP contribution is 2.28. The molecule has 0 unspecified atom stereocenters. The molecule has 4 rings (SSSR count). The van der Waals surface area contributed by atoms with Crippen molar-refractivity contribution in [3.8, 4) is 10.6 Å². The third-order valence-electron chi connectivity index (χ3n) is 4.84. The lowest BCUT2D eigenvalue weighted by Gasteiger charge is -2.16. The zero-order chi connectivity index (χ0) is 21.8. The van der Waals surface area contributed by atoms with Gasteiger partial charge in [0.15, 0.2) is 0 Å². The SMILES string of the molecule is CC1(C)NC(=O)N(CCNc2nccc(-c3ccc(/C=C/c4ccccc4)s3)n2)C1=O. The van der Waals surface area contributed by atoms with E-state index >= 15 is 0 Å². The summed E-state index contributed by atoms with van der Waals surface area (Å²) in [4.78, 5) is 36.4. The number of urea groups is 1. The number of nitrogens with zero attached hydrogens (tertiary/aromatic N) is 3. The Morgan fingerprint density at radius 2 is 1.90 bits per heavy atom. The summed E-state index contributed by atoms with van der Waals surface area (Å²) in [5.41, 5.74) is 1.11. The summed E-state index contributed by atoms with van der Waals surface area (Å²) in [6.45, 7) is 4.00. The van der Waals surface area contributed by atoms with E-state index in [2.05, 4.69) is 51.0 Å². The number of carbonyl (C=O) groups is 2. The largest absolute Gasteiger partial charge is 0.352 e. The number of rotatable bonds is 7. The summed E-state index contributed by atoms with van der Waals surface area (Å²) in [5, 5.41) is 5.77. The molecule has 0 bridgehead atoms. The second-order valence-electron chi connectivity index (χ2n) is 7.65. The molecule has 7 nitrogen and oxygen atoms in total. The quantitative estimate of drug-likeness (QED) is 0.548. The van der Waals surface area contributed by atoms with Crippen LogP contribution in [0.15, 0.2) is 54.7 Å². The maximum absolute atomic E-state index is 12.2. The molecule has 1 saturated heterocycles. The number of benzene rings is 1. The average Bonchev–Trinajstić information content (AvgIpc) is 3.31. The van der Waals surface area contributed by atoms with Crippen LogP contribution in [-0.4, -0.2) is 45.4 Å². The number of amides is 3. The number of hydrogen-bond donors (Lipinski definition) is 2. The van der Waals surface area contributed by atoms with Crippen LogP contribution in [0, 0.1) is 0 Å². The van der Waals surface area contributed by atoms with Crippen molar-refractivity contribution in [2.75, 3.05) is 18.4 Å². The lowest BCUT2D eigenvalue weighted by atomic mass is 10.1. The second-order valence-corrected chi connectivity index (χ2v) is 8.77. The summed E-state index contributed by atoms with van der Waals surface area (Å²) in [5.74, 6) is 0.224. The third kappa shape index (κ3) is 4.80. The van der Waals surface area contributed by atoms with Crippen LogP contribution >= 0.6 is 11.3 Å². The van der Waals surface area contributed by atoms with Gasteiger partial charge in [-0.15, -0.1) is 11.3 Å². The van der Waals surface area contributed by atoms with E-state index in [9.17, 15) is 9.59 Å². The predicted octanol–water partition coefficient (Wildman–Crippen LogP) is 4.12. The fraction of sp³-hybridized carbons (Fsp3) is 0.217. The minimum absolute atomic E-state index is 0.233. The van der Waals surface area contributed by atoms with Gasteiger partial charge >= 0.3 is 6.03 Å². The van der Waals surface area contributed by atoms with E-state index < -0.39 is 5.54 Å². The number of thiophene rings is 1. The van der Waals surface area contributed by atoms with Crippen LogP contribution in [0.3, 0.4) is 0 Å². The molecule has 3 amide bonds. The molecular weight excluding hydrogens is 410 g/mol. The Labute approximate surface area is 184 Å². The molecule has 3 heterocycles. The van der Waals surface area contributed by atoms with Crippen LogP contribution in [-0.2, 0) is 4.79 Å². The zero-order valence-corrected chi connectivity index (χ0v) is 18.1. The van der Waals surface area contributed by atoms with E-state index in [0.717, 1.165) is 21.0 Å². The minimum Gasteiger partial charge on any atom is -0.352 e. The Balaban J connectivity index is 1.38. The molecule has 158 valence electrons. The summed E-state index contributed by atoms with van der Waals surface area (Å²) in [7, 11) is 0. The van der Waals surface area contributed by atoms with Gasteiger partial charge in [0.05, 0.1) is 10.6 Å². The molecule has 8 heteroatoms. The molecule has 1 aliphatic rings. The van der Waals surface area contributed by atoms with Crippen LogP contribution in [0.5, 0.6) is 0 Å². The smallest absolute Gasteiger partial charge is 0.325 e. The Hall–Kier alpha value is -3.52. The van der Waals surface area contributed by atoms with Gasteiger partial charge < -0.3 is 10.6 Å². The molecule has 0 saturated carbocycles. The van der Waals surface area contributed by atoms with Gasteiger partial charge in [-0.3, -0.25) is 9.69 Å². The minimum atomic E-state index is -0.862. The lowest BCUT2D eigenvalue weighted by Crippen LogP contribution is -2.40. The summed E-state index contributed by atoms with van der Waals surface area (Å²) < 4.78 is 0. The van der Waals surface area contributed by atoms with Crippen LogP contribution in [0.1, 0.15) is 24.3 Å². The molecule has 3 aromatic rings. The highest BCUT2D eigenvalue weighted by Gasteiger charge is 2.43. The van der Waals surface area contributed by atoms with Crippen molar-refractivity contribution in [2.24, 2.45) is 0 Å². The fourth-order valence-corrected chi connectivity index (χ4v) is 4.08. The number of anilines is 1. The van der Waals surface area contributed by atoms with E-state index in [4.69, 9.17) is 0 Å². The Morgan fingerprint density at radius 1 is 1.10 bits per heavy atom. The monoisotopic (exact) mass is 433 g/mol. The topological polar surface area (TPSA) is 87.2 Å². The first-order chi connectivity index (χ1) is 14.9. The molecule has 1 fully saturated rings. The average molecular weight is 434 g/mol. The number of carbonyl (C=O) groups excluding carboxylic acids is 2. The van der Waals surface area contributed by atoms with Gasteiger partial charge in [-0.2, -0.15) is 0 Å². The first-order valence-corrected chi connectivity index (χ1v) is 10.8. The van der Waals surface area contributed by atoms with Gasteiger partial charge in [0.1, 0.15) is 5.54 Å². The van der Waals surface area contributed by atoms with Crippen molar-refractivity contribution < 1.29 is 9.59 Å². The van der Waals surface area contributed by atoms with Crippen molar-refractivity contribution in [1.82, 2.24) is 20.2 Å². The molecular formula is C23H23N5O2S. The highest BCUT2D eigenvalue weighted by molar-refractivity contribution is 7.16. The lowest BCUT2D eigenvalue weighted by molar-refractivity contribution is -0.130. The highest BCUT2D eigenvalue weighted by atomic mass is 32.1. The van der Waals surface area contributed by atoms with Crippen LogP contribution in [0.2, 0.25) is 0 Å². The number of aromatic nitrogens is 2. The molecule has 1 aliphatic heterocycles. The molecule has 2 aromatic heterocycles. The molecule has 31 heavy (non-hydrogen) atoms. The van der Waals surface area contributed by atoms with Gasteiger partial charge in [-0.05, 0) is 43.7 Å². The van der Waals surface area contributed by atoms with Crippen molar-refractivity contribution in [3.05, 3.63) is 65.2 Å². The van der Waals surface area contributed by atoms with E-state index in [-0.39, 0.29) is 18.5 Å². The Morgan fingerprint density at radius 3 is 2.65 bits per heavy atom. The summed E-state index contributed by atoms with van der Waals surface area (Å²) >= 11 is 1.65. The first kappa shape index (κ1) is 20.7. The van der Waals surface area contributed by atoms with Crippen molar-refractivity contribution >= 4 is 41.4 Å². The van der Waals surface area contributed by atoms with Gasteiger partial charge in [-0.25, -0.2) is 14.8 Å². The van der Waals surface area contributed by atoms with Crippen LogP contribution in [0.4, 0.5) is 10.7 Å². The number of imide groups is 1.